The summed E-state index contributed by atoms with van der Waals surface area (Å²) in [5, 5.41) is 0. The van der Waals surface area contributed by atoms with E-state index in [1.807, 2.05) is 0 Å². The lowest BCUT2D eigenvalue weighted by Gasteiger charge is -2.55. The Hall–Kier alpha value is -1.18. The summed E-state index contributed by atoms with van der Waals surface area (Å²) in [6, 6.07) is 4.45. The van der Waals surface area contributed by atoms with E-state index in [0.29, 0.717) is 18.2 Å². The van der Waals surface area contributed by atoms with Crippen LogP contribution in [0.3, 0.4) is 0 Å². The third-order valence-electron chi connectivity index (χ3n) is 7.33. The van der Waals surface area contributed by atoms with Crippen LogP contribution in [0.4, 0.5) is 0 Å². The van der Waals surface area contributed by atoms with Gasteiger partial charge in [-0.3, -0.25) is 4.79 Å². The van der Waals surface area contributed by atoms with E-state index < -0.39 is 0 Å². The molecule has 0 unspecified atom stereocenters. The Morgan fingerprint density at radius 2 is 1.54 bits per heavy atom. The van der Waals surface area contributed by atoms with Crippen LogP contribution in [0.2, 0.25) is 0 Å². The van der Waals surface area contributed by atoms with E-state index in [9.17, 15) is 4.79 Å². The van der Waals surface area contributed by atoms with Gasteiger partial charge in [-0.2, -0.15) is 4.57 Å². The van der Waals surface area contributed by atoms with E-state index in [2.05, 4.69) is 42.9 Å². The minimum absolute atomic E-state index is 0.0375. The normalized spacial score (nSPS) is 34.0. The minimum atomic E-state index is 0.0375. The fraction of sp³-hybridized carbons (Fsp3) is 0.727. The van der Waals surface area contributed by atoms with E-state index in [4.69, 9.17) is 0 Å². The summed E-state index contributed by atoms with van der Waals surface area (Å²) in [6.45, 7) is 5.09. The predicted molar refractivity (Wildman–Crippen MR) is 95.6 cm³/mol. The van der Waals surface area contributed by atoms with Crippen molar-refractivity contribution in [3.8, 4) is 0 Å². The van der Waals surface area contributed by atoms with Crippen molar-refractivity contribution in [2.75, 3.05) is 0 Å². The number of hydrogen-bond acceptors (Lipinski definition) is 1. The number of nitrogens with zero attached hydrogens (tertiary/aromatic N) is 1. The maximum atomic E-state index is 13.2. The average Bonchev–Trinajstić information content (AvgIpc) is 2.56. The smallest absolute Gasteiger partial charge is 0.207 e. The highest BCUT2D eigenvalue weighted by molar-refractivity contribution is 5.84. The molecule has 0 aliphatic heterocycles. The van der Waals surface area contributed by atoms with Crippen LogP contribution in [0.1, 0.15) is 76.7 Å². The average molecular weight is 327 g/mol. The molecule has 0 N–H and O–H groups in total. The number of ketones is 1. The molecule has 0 radical (unpaired) electrons. The molecule has 4 aliphatic carbocycles. The van der Waals surface area contributed by atoms with E-state index in [1.165, 1.54) is 56.9 Å². The quantitative estimate of drug-likeness (QED) is 0.696. The monoisotopic (exact) mass is 326 g/mol. The predicted octanol–water partition coefficient (Wildman–Crippen LogP) is 4.66. The molecule has 1 aromatic rings. The topological polar surface area (TPSA) is 20.9 Å². The molecule has 1 heterocycles. The number of rotatable bonds is 6. The van der Waals surface area contributed by atoms with Gasteiger partial charge in [0.05, 0.1) is 0 Å². The second kappa shape index (κ2) is 6.28. The SMILES string of the molecule is CCC(CC)c1cc[n+](CC(=O)C23CC4CC(CC(C4)C2)C3)cc1. The fourth-order valence-corrected chi connectivity index (χ4v) is 6.39. The maximum Gasteiger partial charge on any atom is 0.207 e. The molecule has 4 fully saturated rings. The number of hydrogen-bond donors (Lipinski definition) is 0. The van der Waals surface area contributed by atoms with Gasteiger partial charge in [0, 0.05) is 17.5 Å². The van der Waals surface area contributed by atoms with Crippen molar-refractivity contribution in [2.24, 2.45) is 23.2 Å². The van der Waals surface area contributed by atoms with Gasteiger partial charge in [0.15, 0.2) is 12.4 Å². The molecule has 2 heteroatoms. The van der Waals surface area contributed by atoms with Crippen LogP contribution in [-0.2, 0) is 11.3 Å². The van der Waals surface area contributed by atoms with Gasteiger partial charge < -0.3 is 0 Å². The Bertz CT molecular complexity index is 564. The van der Waals surface area contributed by atoms with Gasteiger partial charge in [-0.1, -0.05) is 13.8 Å². The molecule has 4 bridgehead atoms. The number of aromatic nitrogens is 1. The second-order valence-electron chi connectivity index (χ2n) is 8.94. The standard InChI is InChI=1S/C22H32NO/c1-3-19(4-2)20-5-7-23(8-6-20)15-21(24)22-12-16-9-17(13-22)11-18(10-16)14-22/h5-8,16-19H,3-4,9-15H2,1-2H3/q+1. The zero-order chi connectivity index (χ0) is 16.7. The maximum absolute atomic E-state index is 13.2. The van der Waals surface area contributed by atoms with Crippen molar-refractivity contribution >= 4 is 5.78 Å². The molecule has 0 atom stereocenters. The first-order chi connectivity index (χ1) is 11.6. The molecule has 24 heavy (non-hydrogen) atoms. The molecule has 0 saturated heterocycles. The molecule has 0 amide bonds. The summed E-state index contributed by atoms with van der Waals surface area (Å²) in [6.07, 6.45) is 14.4. The van der Waals surface area contributed by atoms with Crippen LogP contribution < -0.4 is 4.57 Å². The zero-order valence-electron chi connectivity index (χ0n) is 15.3. The number of Topliss-reactive ketones (excluding diaryl/α,β-unsaturated/α-hetero) is 1. The van der Waals surface area contributed by atoms with Gasteiger partial charge in [-0.15, -0.1) is 0 Å². The van der Waals surface area contributed by atoms with Gasteiger partial charge in [-0.25, -0.2) is 0 Å². The molecule has 4 aliphatic rings. The molecular weight excluding hydrogens is 294 g/mol. The van der Waals surface area contributed by atoms with E-state index in [0.717, 1.165) is 17.8 Å². The summed E-state index contributed by atoms with van der Waals surface area (Å²) < 4.78 is 2.12. The van der Waals surface area contributed by atoms with E-state index in [-0.39, 0.29) is 5.41 Å². The van der Waals surface area contributed by atoms with E-state index >= 15 is 0 Å². The Labute approximate surface area is 146 Å². The molecule has 130 valence electrons. The lowest BCUT2D eigenvalue weighted by Crippen LogP contribution is -2.53. The molecule has 0 aromatic carbocycles. The lowest BCUT2D eigenvalue weighted by molar-refractivity contribution is -0.685. The van der Waals surface area contributed by atoms with Crippen LogP contribution in [-0.4, -0.2) is 5.78 Å². The highest BCUT2D eigenvalue weighted by Gasteiger charge is 2.54. The van der Waals surface area contributed by atoms with Crippen molar-refractivity contribution in [1.29, 1.82) is 0 Å². The highest BCUT2D eigenvalue weighted by atomic mass is 16.1. The Balaban J connectivity index is 1.46. The first-order valence-electron chi connectivity index (χ1n) is 10.1. The summed E-state index contributed by atoms with van der Waals surface area (Å²) in [7, 11) is 0. The van der Waals surface area contributed by atoms with Gasteiger partial charge >= 0.3 is 0 Å². The van der Waals surface area contributed by atoms with Crippen LogP contribution in [0.5, 0.6) is 0 Å². The lowest BCUT2D eigenvalue weighted by atomic mass is 9.48. The third kappa shape index (κ3) is 2.82. The largest absolute Gasteiger partial charge is 0.292 e. The van der Waals surface area contributed by atoms with Crippen molar-refractivity contribution < 1.29 is 9.36 Å². The van der Waals surface area contributed by atoms with Gasteiger partial charge in [0.2, 0.25) is 12.3 Å². The van der Waals surface area contributed by atoms with Crippen molar-refractivity contribution in [2.45, 2.75) is 77.7 Å². The third-order valence-corrected chi connectivity index (χ3v) is 7.33. The highest BCUT2D eigenvalue weighted by Crippen LogP contribution is 2.60. The van der Waals surface area contributed by atoms with Crippen molar-refractivity contribution in [3.05, 3.63) is 30.1 Å². The van der Waals surface area contributed by atoms with Crippen molar-refractivity contribution in [3.63, 3.8) is 0 Å². The summed E-state index contributed by atoms with van der Waals surface area (Å²) >= 11 is 0. The summed E-state index contributed by atoms with van der Waals surface area (Å²) in [5.41, 5.74) is 1.45. The molecule has 2 nitrogen and oxygen atoms in total. The van der Waals surface area contributed by atoms with Crippen molar-refractivity contribution in [1.82, 2.24) is 0 Å². The number of carbonyl (C=O) groups excluding carboxylic acids is 1. The van der Waals surface area contributed by atoms with Crippen LogP contribution in [0, 0.1) is 23.2 Å². The molecule has 0 spiro atoms. The summed E-state index contributed by atoms with van der Waals surface area (Å²) in [5.74, 6) is 3.72. The Kier molecular flexibility index (Phi) is 4.26. The molecule has 4 saturated carbocycles. The van der Waals surface area contributed by atoms with Crippen LogP contribution in [0.25, 0.3) is 0 Å². The Morgan fingerprint density at radius 1 is 1.04 bits per heavy atom. The van der Waals surface area contributed by atoms with E-state index in [1.54, 1.807) is 0 Å². The van der Waals surface area contributed by atoms with Crippen LogP contribution in [0.15, 0.2) is 24.5 Å². The van der Waals surface area contributed by atoms with Gasteiger partial charge in [0.1, 0.15) is 0 Å². The molecule has 1 aromatic heterocycles. The number of carbonyl (C=O) groups is 1. The fourth-order valence-electron chi connectivity index (χ4n) is 6.39. The van der Waals surface area contributed by atoms with Gasteiger partial charge in [0.25, 0.3) is 0 Å². The zero-order valence-corrected chi connectivity index (χ0v) is 15.3. The molecular formula is C22H32NO+. The van der Waals surface area contributed by atoms with Crippen LogP contribution >= 0.6 is 0 Å². The number of pyridine rings is 1. The summed E-state index contributed by atoms with van der Waals surface area (Å²) in [4.78, 5) is 13.2. The second-order valence-corrected chi connectivity index (χ2v) is 8.94. The first kappa shape index (κ1) is 16.3. The van der Waals surface area contributed by atoms with Gasteiger partial charge in [-0.05, 0) is 80.6 Å². The molecule has 5 rings (SSSR count). The Morgan fingerprint density at radius 3 is 2.00 bits per heavy atom. The first-order valence-corrected chi connectivity index (χ1v) is 10.1. The minimum Gasteiger partial charge on any atom is -0.292 e.